The van der Waals surface area contributed by atoms with Gasteiger partial charge in [-0.25, -0.2) is 5.43 Å². The fourth-order valence-corrected chi connectivity index (χ4v) is 3.91. The first-order chi connectivity index (χ1) is 11.3. The van der Waals surface area contributed by atoms with Crippen molar-refractivity contribution in [3.8, 4) is 0 Å². The summed E-state index contributed by atoms with van der Waals surface area (Å²) in [5.41, 5.74) is 10.1. The van der Waals surface area contributed by atoms with E-state index in [1.165, 1.54) is 21.9 Å². The number of hydrogen-bond donors (Lipinski definition) is 3. The highest BCUT2D eigenvalue weighted by atomic mass is 16.2. The molecule has 4 nitrogen and oxygen atoms in total. The van der Waals surface area contributed by atoms with Crippen LogP contribution in [0.4, 0.5) is 5.69 Å². The molecule has 0 spiro atoms. The van der Waals surface area contributed by atoms with Gasteiger partial charge in [0.05, 0.1) is 0 Å². The number of nitrogens with one attached hydrogen (secondary N) is 3. The minimum absolute atomic E-state index is 0.0507. The van der Waals surface area contributed by atoms with Crippen LogP contribution in [0.2, 0.25) is 0 Å². The van der Waals surface area contributed by atoms with Crippen LogP contribution in [0.1, 0.15) is 37.3 Å². The second kappa shape index (κ2) is 5.95. The zero-order chi connectivity index (χ0) is 15.8. The minimum Gasteiger partial charge on any atom is -0.324 e. The van der Waals surface area contributed by atoms with E-state index in [-0.39, 0.29) is 11.9 Å². The van der Waals surface area contributed by atoms with Crippen molar-refractivity contribution in [1.29, 1.82) is 0 Å². The number of anilines is 1. The monoisotopic (exact) mass is 309 g/mol. The molecule has 4 rings (SSSR count). The molecule has 1 saturated heterocycles. The van der Waals surface area contributed by atoms with Gasteiger partial charge in [0.2, 0.25) is 5.91 Å². The third-order valence-corrected chi connectivity index (χ3v) is 5.07. The molecule has 2 aromatic rings. The molecule has 1 aliphatic heterocycles. The maximum atomic E-state index is 12.6. The zero-order valence-electron chi connectivity index (χ0n) is 13.5. The molecule has 0 radical (unpaired) electrons. The van der Waals surface area contributed by atoms with Gasteiger partial charge in [-0.3, -0.25) is 10.2 Å². The first-order valence-corrected chi connectivity index (χ1v) is 8.61. The Labute approximate surface area is 136 Å². The van der Waals surface area contributed by atoms with E-state index in [1.807, 2.05) is 0 Å². The number of carbonyl (C=O) groups is 1. The van der Waals surface area contributed by atoms with Gasteiger partial charge < -0.3 is 5.32 Å². The zero-order valence-corrected chi connectivity index (χ0v) is 13.5. The van der Waals surface area contributed by atoms with Crippen molar-refractivity contribution in [3.05, 3.63) is 41.5 Å². The Bertz CT molecular complexity index is 745. The summed E-state index contributed by atoms with van der Waals surface area (Å²) >= 11 is 0. The molecule has 1 fully saturated rings. The van der Waals surface area contributed by atoms with Gasteiger partial charge in [-0.2, -0.15) is 0 Å². The average molecular weight is 309 g/mol. The van der Waals surface area contributed by atoms with Crippen molar-refractivity contribution in [1.82, 2.24) is 10.9 Å². The molecule has 1 amide bonds. The molecule has 2 aliphatic rings. The Hall–Kier alpha value is -1.91. The summed E-state index contributed by atoms with van der Waals surface area (Å²) in [7, 11) is 0. The summed E-state index contributed by atoms with van der Waals surface area (Å²) in [6, 6.07) is 10.9. The van der Waals surface area contributed by atoms with Crippen molar-refractivity contribution in [2.45, 2.75) is 51.1 Å². The molecular weight excluding hydrogens is 286 g/mol. The molecule has 2 unspecified atom stereocenters. The van der Waals surface area contributed by atoms with Crippen molar-refractivity contribution < 1.29 is 4.79 Å². The Balaban J connectivity index is 1.56. The van der Waals surface area contributed by atoms with Crippen LogP contribution in [0, 0.1) is 0 Å². The number of benzene rings is 2. The van der Waals surface area contributed by atoms with E-state index in [1.54, 1.807) is 0 Å². The van der Waals surface area contributed by atoms with Gasteiger partial charge in [0.15, 0.2) is 0 Å². The van der Waals surface area contributed by atoms with E-state index < -0.39 is 0 Å². The van der Waals surface area contributed by atoms with Crippen LogP contribution in [0.5, 0.6) is 0 Å². The number of amides is 1. The quantitative estimate of drug-likeness (QED) is 0.814. The molecular formula is C19H23N3O. The Morgan fingerprint density at radius 1 is 1.17 bits per heavy atom. The third-order valence-electron chi connectivity index (χ3n) is 5.07. The Kier molecular flexibility index (Phi) is 3.79. The predicted molar refractivity (Wildman–Crippen MR) is 93.4 cm³/mol. The largest absolute Gasteiger partial charge is 0.324 e. The summed E-state index contributed by atoms with van der Waals surface area (Å²) in [6.45, 7) is 2.17. The molecule has 0 saturated carbocycles. The lowest BCUT2D eigenvalue weighted by Crippen LogP contribution is -2.40. The summed E-state index contributed by atoms with van der Waals surface area (Å²) < 4.78 is 0. The molecule has 1 heterocycles. The molecule has 3 N–H and O–H groups in total. The van der Waals surface area contributed by atoms with Crippen molar-refractivity contribution in [2.24, 2.45) is 0 Å². The highest BCUT2D eigenvalue weighted by Crippen LogP contribution is 2.35. The Morgan fingerprint density at radius 2 is 2.00 bits per heavy atom. The molecule has 0 bridgehead atoms. The second-order valence-electron chi connectivity index (χ2n) is 6.66. The van der Waals surface area contributed by atoms with E-state index in [2.05, 4.69) is 53.4 Å². The Morgan fingerprint density at radius 3 is 2.83 bits per heavy atom. The topological polar surface area (TPSA) is 53.2 Å². The van der Waals surface area contributed by atoms with Crippen LogP contribution >= 0.6 is 0 Å². The highest BCUT2D eigenvalue weighted by Gasteiger charge is 2.29. The first kappa shape index (κ1) is 14.7. The number of aryl methyl sites for hydroxylation is 2. The van der Waals surface area contributed by atoms with Gasteiger partial charge in [-0.1, -0.05) is 37.6 Å². The molecule has 1 aliphatic carbocycles. The first-order valence-electron chi connectivity index (χ1n) is 8.61. The molecule has 2 atom stereocenters. The standard InChI is InChI=1S/C19H23N3O/c1-2-4-14-11-17(22-21-14)19(23)20-16-10-9-13-8-7-12-5-3-6-15(16)18(12)13/h3,5-6,9-10,14,17,21-22H,2,4,7-8,11H2,1H3,(H,20,23). The lowest BCUT2D eigenvalue weighted by atomic mass is 10.0. The predicted octanol–water partition coefficient (Wildman–Crippen LogP) is 2.91. The lowest BCUT2D eigenvalue weighted by Gasteiger charge is -2.13. The summed E-state index contributed by atoms with van der Waals surface area (Å²) in [5, 5.41) is 5.64. The molecule has 120 valence electrons. The highest BCUT2D eigenvalue weighted by molar-refractivity contribution is 6.06. The molecule has 23 heavy (non-hydrogen) atoms. The molecule has 0 aromatic heterocycles. The maximum absolute atomic E-state index is 12.6. The van der Waals surface area contributed by atoms with Gasteiger partial charge in [0, 0.05) is 17.1 Å². The summed E-state index contributed by atoms with van der Waals surface area (Å²) in [6.07, 6.45) is 5.29. The van der Waals surface area contributed by atoms with Gasteiger partial charge in [-0.05, 0) is 48.3 Å². The van der Waals surface area contributed by atoms with E-state index >= 15 is 0 Å². The SMILES string of the molecule is CCCC1CC(C(=O)Nc2ccc3c4c(cccc24)CC3)NN1. The van der Waals surface area contributed by atoms with Crippen LogP contribution in [0.3, 0.4) is 0 Å². The summed E-state index contributed by atoms with van der Waals surface area (Å²) in [5.74, 6) is 0.0507. The van der Waals surface area contributed by atoms with Crippen molar-refractivity contribution in [2.75, 3.05) is 5.32 Å². The summed E-state index contributed by atoms with van der Waals surface area (Å²) in [4.78, 5) is 12.6. The second-order valence-corrected chi connectivity index (χ2v) is 6.66. The minimum atomic E-state index is -0.158. The maximum Gasteiger partial charge on any atom is 0.242 e. The van der Waals surface area contributed by atoms with E-state index in [4.69, 9.17) is 0 Å². The number of hydrazine groups is 1. The third kappa shape index (κ3) is 2.62. The number of carbonyl (C=O) groups excluding carboxylic acids is 1. The van der Waals surface area contributed by atoms with Gasteiger partial charge in [0.1, 0.15) is 6.04 Å². The average Bonchev–Trinajstić information content (AvgIpc) is 3.19. The number of hydrogen-bond acceptors (Lipinski definition) is 3. The van der Waals surface area contributed by atoms with Gasteiger partial charge >= 0.3 is 0 Å². The van der Waals surface area contributed by atoms with Crippen LogP contribution in [0.15, 0.2) is 30.3 Å². The number of rotatable bonds is 4. The molecule has 4 heteroatoms. The molecule has 2 aromatic carbocycles. The normalized spacial score (nSPS) is 22.7. The fraction of sp³-hybridized carbons (Fsp3) is 0.421. The van der Waals surface area contributed by atoms with Gasteiger partial charge in [-0.15, -0.1) is 0 Å². The van der Waals surface area contributed by atoms with Crippen LogP contribution < -0.4 is 16.2 Å². The van der Waals surface area contributed by atoms with E-state index in [9.17, 15) is 4.79 Å². The van der Waals surface area contributed by atoms with Crippen molar-refractivity contribution >= 4 is 22.4 Å². The van der Waals surface area contributed by atoms with Crippen LogP contribution in [0.25, 0.3) is 10.8 Å². The van der Waals surface area contributed by atoms with E-state index in [0.717, 1.165) is 37.8 Å². The van der Waals surface area contributed by atoms with E-state index in [0.29, 0.717) is 6.04 Å². The van der Waals surface area contributed by atoms with Crippen LogP contribution in [-0.2, 0) is 17.6 Å². The fourth-order valence-electron chi connectivity index (χ4n) is 3.91. The smallest absolute Gasteiger partial charge is 0.242 e. The lowest BCUT2D eigenvalue weighted by molar-refractivity contribution is -0.117. The van der Waals surface area contributed by atoms with Gasteiger partial charge in [0.25, 0.3) is 0 Å². The van der Waals surface area contributed by atoms with Crippen molar-refractivity contribution in [3.63, 3.8) is 0 Å². The van der Waals surface area contributed by atoms with Crippen LogP contribution in [-0.4, -0.2) is 18.0 Å².